The molecule has 0 atom stereocenters. The first kappa shape index (κ1) is 19.9. The van der Waals surface area contributed by atoms with Crippen molar-refractivity contribution >= 4 is 39.1 Å². The highest BCUT2D eigenvalue weighted by atomic mass is 35.5. The standard InChI is InChI=1S/C16H16ClN3O5S/c1-20(25-2)26(23,24)14-9-11(5-8-13(14)17)16(22)19-12-6-3-10(4-7-12)15(18)21/h3-9H,1-2H3,(H2,18,21)(H,19,22). The number of benzene rings is 2. The van der Waals surface area contributed by atoms with Crippen LogP contribution in [0.15, 0.2) is 47.4 Å². The molecule has 2 amide bonds. The van der Waals surface area contributed by atoms with Crippen LogP contribution in [0.2, 0.25) is 5.02 Å². The van der Waals surface area contributed by atoms with Crippen LogP contribution in [-0.4, -0.2) is 38.9 Å². The number of hydrogen-bond acceptors (Lipinski definition) is 5. The van der Waals surface area contributed by atoms with E-state index in [0.29, 0.717) is 15.7 Å². The Balaban J connectivity index is 2.30. The van der Waals surface area contributed by atoms with Crippen molar-refractivity contribution in [2.45, 2.75) is 4.90 Å². The molecule has 0 aliphatic heterocycles. The van der Waals surface area contributed by atoms with Crippen molar-refractivity contribution in [3.8, 4) is 0 Å². The van der Waals surface area contributed by atoms with Gasteiger partial charge in [-0.05, 0) is 42.5 Å². The third kappa shape index (κ3) is 4.20. The fourth-order valence-corrected chi connectivity index (χ4v) is 3.47. The van der Waals surface area contributed by atoms with Crippen LogP contribution in [0.3, 0.4) is 0 Å². The van der Waals surface area contributed by atoms with Crippen molar-refractivity contribution in [1.82, 2.24) is 4.47 Å². The van der Waals surface area contributed by atoms with Crippen molar-refractivity contribution < 1.29 is 22.8 Å². The van der Waals surface area contributed by atoms with Crippen LogP contribution in [-0.2, 0) is 14.9 Å². The Labute approximate surface area is 155 Å². The van der Waals surface area contributed by atoms with Gasteiger partial charge in [-0.3, -0.25) is 14.4 Å². The molecular weight excluding hydrogens is 382 g/mol. The highest BCUT2D eigenvalue weighted by Gasteiger charge is 2.25. The lowest BCUT2D eigenvalue weighted by Gasteiger charge is -2.16. The minimum atomic E-state index is -4.02. The molecule has 8 nitrogen and oxygen atoms in total. The molecule has 3 N–H and O–H groups in total. The van der Waals surface area contributed by atoms with E-state index >= 15 is 0 Å². The third-order valence-electron chi connectivity index (χ3n) is 3.49. The lowest BCUT2D eigenvalue weighted by atomic mass is 10.1. The monoisotopic (exact) mass is 397 g/mol. The zero-order valence-corrected chi connectivity index (χ0v) is 15.5. The zero-order valence-electron chi connectivity index (χ0n) is 13.9. The Morgan fingerprint density at radius 1 is 1.12 bits per heavy atom. The molecule has 138 valence electrons. The first-order valence-corrected chi connectivity index (χ1v) is 9.02. The van der Waals surface area contributed by atoms with E-state index in [1.807, 2.05) is 0 Å². The van der Waals surface area contributed by atoms with Crippen molar-refractivity contribution in [3.05, 3.63) is 58.6 Å². The molecule has 0 unspecified atom stereocenters. The first-order chi connectivity index (χ1) is 12.2. The highest BCUT2D eigenvalue weighted by Crippen LogP contribution is 2.25. The topological polar surface area (TPSA) is 119 Å². The minimum Gasteiger partial charge on any atom is -0.366 e. The second-order valence-electron chi connectivity index (χ2n) is 5.14. The van der Waals surface area contributed by atoms with E-state index in [9.17, 15) is 18.0 Å². The van der Waals surface area contributed by atoms with Gasteiger partial charge in [-0.15, -0.1) is 0 Å². The van der Waals surface area contributed by atoms with Gasteiger partial charge >= 0.3 is 0 Å². The number of rotatable bonds is 6. The van der Waals surface area contributed by atoms with Crippen molar-refractivity contribution in [2.24, 2.45) is 5.73 Å². The van der Waals surface area contributed by atoms with E-state index in [2.05, 4.69) is 5.32 Å². The van der Waals surface area contributed by atoms with E-state index in [0.717, 1.165) is 6.07 Å². The van der Waals surface area contributed by atoms with Crippen LogP contribution in [0.1, 0.15) is 20.7 Å². The Kier molecular flexibility index (Phi) is 5.98. The first-order valence-electron chi connectivity index (χ1n) is 7.20. The summed E-state index contributed by atoms with van der Waals surface area (Å²) in [4.78, 5) is 27.9. The molecule has 10 heteroatoms. The summed E-state index contributed by atoms with van der Waals surface area (Å²) in [5, 5.41) is 2.55. The molecule has 0 heterocycles. The average molecular weight is 398 g/mol. The molecule has 0 aliphatic carbocycles. The number of amides is 2. The molecule has 2 aromatic rings. The highest BCUT2D eigenvalue weighted by molar-refractivity contribution is 7.89. The van der Waals surface area contributed by atoms with Crippen molar-refractivity contribution in [3.63, 3.8) is 0 Å². The predicted octanol–water partition coefficient (Wildman–Crippen LogP) is 1.87. The smallest absolute Gasteiger partial charge is 0.266 e. The number of nitrogens with one attached hydrogen (secondary N) is 1. The molecule has 0 spiro atoms. The number of primary amides is 1. The van der Waals surface area contributed by atoms with Gasteiger partial charge in [0.2, 0.25) is 5.91 Å². The van der Waals surface area contributed by atoms with Crippen molar-refractivity contribution in [1.29, 1.82) is 0 Å². The third-order valence-corrected chi connectivity index (χ3v) is 5.66. The van der Waals surface area contributed by atoms with Gasteiger partial charge in [0.1, 0.15) is 4.90 Å². The molecule has 2 rings (SSSR count). The number of halogens is 1. The molecule has 0 aliphatic rings. The summed E-state index contributed by atoms with van der Waals surface area (Å²) in [6.07, 6.45) is 0. The molecule has 0 saturated heterocycles. The summed E-state index contributed by atoms with van der Waals surface area (Å²) in [6.45, 7) is 0. The van der Waals surface area contributed by atoms with Crippen LogP contribution >= 0.6 is 11.6 Å². The maximum Gasteiger partial charge on any atom is 0.266 e. The van der Waals surface area contributed by atoms with Gasteiger partial charge < -0.3 is 11.1 Å². The largest absolute Gasteiger partial charge is 0.366 e. The number of hydrogen-bond donors (Lipinski definition) is 2. The second kappa shape index (κ2) is 7.83. The number of hydroxylamine groups is 1. The van der Waals surface area contributed by atoms with Crippen LogP contribution in [0, 0.1) is 0 Å². The maximum absolute atomic E-state index is 12.4. The minimum absolute atomic E-state index is 0.0451. The quantitative estimate of drug-likeness (QED) is 0.721. The van der Waals surface area contributed by atoms with Crippen molar-refractivity contribution in [2.75, 3.05) is 19.5 Å². The molecule has 0 saturated carbocycles. The van der Waals surface area contributed by atoms with Gasteiger partial charge in [-0.2, -0.15) is 0 Å². The summed E-state index contributed by atoms with van der Waals surface area (Å²) in [5.41, 5.74) is 5.94. The van der Waals surface area contributed by atoms with Crippen LogP contribution in [0.5, 0.6) is 0 Å². The van der Waals surface area contributed by atoms with Crippen LogP contribution in [0.25, 0.3) is 0 Å². The normalized spacial score (nSPS) is 11.4. The fraction of sp³-hybridized carbons (Fsp3) is 0.125. The SMILES string of the molecule is CON(C)S(=O)(=O)c1cc(C(=O)Nc2ccc(C(N)=O)cc2)ccc1Cl. The summed E-state index contributed by atoms with van der Waals surface area (Å²) < 4.78 is 25.4. The van der Waals surface area contributed by atoms with Crippen LogP contribution in [0.4, 0.5) is 5.69 Å². The number of nitrogens with zero attached hydrogens (tertiary/aromatic N) is 1. The number of carbonyl (C=O) groups is 2. The van der Waals surface area contributed by atoms with Gasteiger partial charge in [-0.1, -0.05) is 16.1 Å². The van der Waals surface area contributed by atoms with E-state index < -0.39 is 21.8 Å². The van der Waals surface area contributed by atoms with Gasteiger partial charge in [0.25, 0.3) is 15.9 Å². The number of sulfonamides is 1. The van der Waals surface area contributed by atoms with E-state index in [1.165, 1.54) is 50.6 Å². The van der Waals surface area contributed by atoms with E-state index in [1.54, 1.807) is 0 Å². The molecule has 2 aromatic carbocycles. The molecule has 0 radical (unpaired) electrons. The summed E-state index contributed by atoms with van der Waals surface area (Å²) in [6, 6.07) is 9.78. The molecule has 0 aromatic heterocycles. The number of carbonyl (C=O) groups excluding carboxylic acids is 2. The molecular formula is C16H16ClN3O5S. The van der Waals surface area contributed by atoms with E-state index in [4.69, 9.17) is 22.2 Å². The fourth-order valence-electron chi connectivity index (χ4n) is 2.00. The average Bonchev–Trinajstić information content (AvgIpc) is 2.61. The summed E-state index contributed by atoms with van der Waals surface area (Å²) >= 11 is 5.96. The predicted molar refractivity (Wildman–Crippen MR) is 96.3 cm³/mol. The number of anilines is 1. The van der Waals surface area contributed by atoms with Gasteiger partial charge in [0.05, 0.1) is 12.1 Å². The van der Waals surface area contributed by atoms with Crippen LogP contribution < -0.4 is 11.1 Å². The number of nitrogens with two attached hydrogens (primary N) is 1. The summed E-state index contributed by atoms with van der Waals surface area (Å²) in [7, 11) is -1.62. The zero-order chi connectivity index (χ0) is 19.5. The Hall–Kier alpha value is -2.46. The molecule has 0 bridgehead atoms. The summed E-state index contributed by atoms with van der Waals surface area (Å²) in [5.74, 6) is -1.14. The Bertz CT molecular complexity index is 945. The van der Waals surface area contributed by atoms with E-state index in [-0.39, 0.29) is 15.5 Å². The van der Waals surface area contributed by atoms with Gasteiger partial charge in [0.15, 0.2) is 0 Å². The lowest BCUT2D eigenvalue weighted by molar-refractivity contribution is -0.0258. The van der Waals surface area contributed by atoms with Gasteiger partial charge in [-0.25, -0.2) is 8.42 Å². The molecule has 0 fully saturated rings. The lowest BCUT2D eigenvalue weighted by Crippen LogP contribution is -2.26. The molecule has 26 heavy (non-hydrogen) atoms. The Morgan fingerprint density at radius 2 is 1.69 bits per heavy atom. The Morgan fingerprint density at radius 3 is 2.23 bits per heavy atom. The second-order valence-corrected chi connectivity index (χ2v) is 7.45. The van der Waals surface area contributed by atoms with Gasteiger partial charge in [0, 0.05) is 23.9 Å². The maximum atomic E-state index is 12.4.